The predicted molar refractivity (Wildman–Crippen MR) is 24.6 cm³/mol. The fourth-order valence-electron chi connectivity index (χ4n) is 0.154. The molecule has 0 aromatic carbocycles. The van der Waals surface area contributed by atoms with Gasteiger partial charge in [0.2, 0.25) is 21.5 Å². The molecule has 50 valence electrons. The fourth-order valence-corrected chi connectivity index (χ4v) is 0.154. The Kier molecular flexibility index (Phi) is 2.06. The maximum Gasteiger partial charge on any atom is 0.229 e. The SMILES string of the molecule is N=CN([N+](=O)[O-])[N+](=O)[O-]. The zero-order chi connectivity index (χ0) is 7.44. The number of nitro groups is 2. The number of hydrazine groups is 2. The van der Waals surface area contributed by atoms with Gasteiger partial charge in [-0.2, -0.15) is 0 Å². The van der Waals surface area contributed by atoms with Crippen molar-refractivity contribution in [1.82, 2.24) is 5.12 Å². The first-order valence-corrected chi connectivity index (χ1v) is 1.68. The molecule has 0 radical (unpaired) electrons. The summed E-state index contributed by atoms with van der Waals surface area (Å²) < 4.78 is 0. The smallest absolute Gasteiger partial charge is 0.229 e. The van der Waals surface area contributed by atoms with Crippen LogP contribution in [0.2, 0.25) is 0 Å². The van der Waals surface area contributed by atoms with Crippen molar-refractivity contribution in [3.8, 4) is 0 Å². The number of nitrogens with zero attached hydrogens (tertiary/aromatic N) is 3. The van der Waals surface area contributed by atoms with E-state index >= 15 is 0 Å². The topological polar surface area (TPSA) is 113 Å². The molecule has 0 amide bonds. The summed E-state index contributed by atoms with van der Waals surface area (Å²) >= 11 is 0. The Morgan fingerprint density at radius 3 is 1.67 bits per heavy atom. The Morgan fingerprint density at radius 2 is 1.67 bits per heavy atom. The predicted octanol–water partition coefficient (Wildman–Crippen LogP) is -0.721. The highest BCUT2D eigenvalue weighted by molar-refractivity contribution is 5.46. The van der Waals surface area contributed by atoms with E-state index in [1.165, 1.54) is 0 Å². The highest BCUT2D eigenvalue weighted by Crippen LogP contribution is 1.80. The van der Waals surface area contributed by atoms with Gasteiger partial charge < -0.3 is 0 Å². The molecule has 0 heterocycles. The van der Waals surface area contributed by atoms with Crippen LogP contribution in [-0.4, -0.2) is 21.5 Å². The van der Waals surface area contributed by atoms with E-state index in [-0.39, 0.29) is 6.34 Å². The molecule has 1 N–H and O–H groups in total. The highest BCUT2D eigenvalue weighted by atomic mass is 16.8. The molecule has 0 aromatic heterocycles. The van der Waals surface area contributed by atoms with Crippen LogP contribution in [0.15, 0.2) is 0 Å². The maximum absolute atomic E-state index is 9.51. The lowest BCUT2D eigenvalue weighted by molar-refractivity contribution is -0.879. The molecule has 0 fully saturated rings. The van der Waals surface area contributed by atoms with Crippen molar-refractivity contribution in [3.63, 3.8) is 0 Å². The molecule has 9 heavy (non-hydrogen) atoms. The number of nitrogens with one attached hydrogen (secondary N) is 1. The summed E-state index contributed by atoms with van der Waals surface area (Å²) in [6.07, 6.45) is 0. The van der Waals surface area contributed by atoms with Gasteiger partial charge in [0.05, 0.1) is 0 Å². The van der Waals surface area contributed by atoms with Crippen LogP contribution < -0.4 is 0 Å². The van der Waals surface area contributed by atoms with Crippen molar-refractivity contribution in [2.24, 2.45) is 0 Å². The van der Waals surface area contributed by atoms with Gasteiger partial charge in [-0.1, -0.05) is 0 Å². The van der Waals surface area contributed by atoms with Gasteiger partial charge in [-0.05, 0) is 0 Å². The van der Waals surface area contributed by atoms with Crippen LogP contribution in [0.1, 0.15) is 0 Å². The van der Waals surface area contributed by atoms with E-state index in [1.54, 1.807) is 0 Å². The number of hydrogen-bond acceptors (Lipinski definition) is 5. The average molecular weight is 134 g/mol. The van der Waals surface area contributed by atoms with Crippen molar-refractivity contribution in [1.29, 1.82) is 5.41 Å². The standard InChI is InChI=1S/CH2N4O4/c2-1-3(4(6)7)5(8)9/h1-2H. The van der Waals surface area contributed by atoms with Gasteiger partial charge in [0, 0.05) is 0 Å². The van der Waals surface area contributed by atoms with E-state index < -0.39 is 15.2 Å². The molecule has 0 bridgehead atoms. The minimum atomic E-state index is -1.31. The largest absolute Gasteiger partial charge is 0.281 e. The van der Waals surface area contributed by atoms with Gasteiger partial charge in [-0.3, -0.25) is 5.41 Å². The van der Waals surface area contributed by atoms with E-state index in [2.05, 4.69) is 0 Å². The molecule has 0 spiro atoms. The molecule has 0 unspecified atom stereocenters. The van der Waals surface area contributed by atoms with Crippen LogP contribution in [0.25, 0.3) is 0 Å². The third kappa shape index (κ3) is 1.67. The first-order valence-electron chi connectivity index (χ1n) is 1.68. The molecule has 0 saturated carbocycles. The van der Waals surface area contributed by atoms with E-state index in [0.717, 1.165) is 0 Å². The zero-order valence-electron chi connectivity index (χ0n) is 4.05. The molecule has 0 atom stereocenters. The van der Waals surface area contributed by atoms with Gasteiger partial charge in [0.15, 0.2) is 0 Å². The third-order valence-electron chi connectivity index (χ3n) is 0.450. The monoisotopic (exact) mass is 134 g/mol. The Labute approximate surface area is 48.4 Å². The Hall–Kier alpha value is -1.73. The fraction of sp³-hybridized carbons (Fsp3) is 0. The van der Waals surface area contributed by atoms with E-state index in [0.29, 0.717) is 0 Å². The second-order valence-electron chi connectivity index (χ2n) is 0.925. The Balaban J connectivity index is 4.16. The first-order chi connectivity index (χ1) is 4.09. The van der Waals surface area contributed by atoms with Crippen LogP contribution >= 0.6 is 0 Å². The second kappa shape index (κ2) is 2.55. The van der Waals surface area contributed by atoms with Crippen LogP contribution in [0.4, 0.5) is 0 Å². The molecule has 0 saturated heterocycles. The quantitative estimate of drug-likeness (QED) is 0.237. The third-order valence-corrected chi connectivity index (χ3v) is 0.450. The van der Waals surface area contributed by atoms with Crippen molar-refractivity contribution in [2.45, 2.75) is 0 Å². The van der Waals surface area contributed by atoms with Gasteiger partial charge >= 0.3 is 0 Å². The normalized spacial score (nSPS) is 8.00. The summed E-state index contributed by atoms with van der Waals surface area (Å²) in [4.78, 5) is 19.0. The van der Waals surface area contributed by atoms with Crippen molar-refractivity contribution < 1.29 is 10.1 Å². The summed E-state index contributed by atoms with van der Waals surface area (Å²) in [6, 6.07) is 0. The van der Waals surface area contributed by atoms with E-state index in [4.69, 9.17) is 5.41 Å². The molecule has 0 aliphatic rings. The first kappa shape index (κ1) is 7.27. The maximum atomic E-state index is 9.51. The van der Waals surface area contributed by atoms with Gasteiger partial charge in [0.1, 0.15) is 0 Å². The highest BCUT2D eigenvalue weighted by Gasteiger charge is 2.22. The van der Waals surface area contributed by atoms with E-state index in [9.17, 15) is 20.2 Å². The van der Waals surface area contributed by atoms with Crippen molar-refractivity contribution in [2.75, 3.05) is 0 Å². The molecular weight excluding hydrogens is 132 g/mol. The average Bonchev–Trinajstić information content (AvgIpc) is 1.64. The minimum absolute atomic E-state index is 0. The van der Waals surface area contributed by atoms with Crippen LogP contribution in [0, 0.1) is 25.6 Å². The molecule has 0 rings (SSSR count). The van der Waals surface area contributed by atoms with Gasteiger partial charge in [-0.25, -0.2) is 20.2 Å². The summed E-state index contributed by atoms with van der Waals surface area (Å²) in [6.45, 7) is 0. The molecule has 8 nitrogen and oxygen atoms in total. The molecule has 0 aliphatic carbocycles. The lowest BCUT2D eigenvalue weighted by atomic mass is 11.3. The zero-order valence-corrected chi connectivity index (χ0v) is 4.05. The molecule has 0 aliphatic heterocycles. The van der Waals surface area contributed by atoms with Gasteiger partial charge in [0.25, 0.3) is 0 Å². The van der Waals surface area contributed by atoms with E-state index in [1.807, 2.05) is 0 Å². The number of hydrogen-bond donors (Lipinski definition) is 1. The molecule has 8 heteroatoms. The Morgan fingerprint density at radius 1 is 1.33 bits per heavy atom. The molecule has 0 aromatic rings. The summed E-state index contributed by atoms with van der Waals surface area (Å²) in [5.41, 5.74) is 0. The van der Waals surface area contributed by atoms with Crippen LogP contribution in [0.3, 0.4) is 0 Å². The van der Waals surface area contributed by atoms with Crippen molar-refractivity contribution >= 4 is 6.34 Å². The van der Waals surface area contributed by atoms with Crippen molar-refractivity contribution in [3.05, 3.63) is 20.2 Å². The van der Waals surface area contributed by atoms with Gasteiger partial charge in [-0.15, -0.1) is 0 Å². The summed E-state index contributed by atoms with van der Waals surface area (Å²) in [7, 11) is 0. The summed E-state index contributed by atoms with van der Waals surface area (Å²) in [5, 5.41) is 22.0. The molecular formula is CH2N4O4. The lowest BCUT2D eigenvalue weighted by Crippen LogP contribution is -2.33. The lowest BCUT2D eigenvalue weighted by Gasteiger charge is -1.92. The van der Waals surface area contributed by atoms with Crippen LogP contribution in [-0.2, 0) is 0 Å². The summed E-state index contributed by atoms with van der Waals surface area (Å²) in [5.74, 6) is 0. The number of rotatable bonds is 3. The van der Waals surface area contributed by atoms with Crippen LogP contribution in [0.5, 0.6) is 0 Å². The minimum Gasteiger partial charge on any atom is -0.281 e. The Bertz CT molecular complexity index is 139. The second-order valence-corrected chi connectivity index (χ2v) is 0.925.